The van der Waals surface area contributed by atoms with Gasteiger partial charge in [-0.1, -0.05) is 44.2 Å². The van der Waals surface area contributed by atoms with Crippen LogP contribution >= 0.6 is 0 Å². The molecule has 2 N–H and O–H groups in total. The van der Waals surface area contributed by atoms with Crippen molar-refractivity contribution in [3.63, 3.8) is 0 Å². The zero-order chi connectivity index (χ0) is 15.5. The molecule has 4 heteroatoms. The van der Waals surface area contributed by atoms with E-state index in [0.717, 1.165) is 18.4 Å². The summed E-state index contributed by atoms with van der Waals surface area (Å²) in [6, 6.07) is 9.11. The van der Waals surface area contributed by atoms with Crippen LogP contribution < -0.4 is 5.32 Å². The van der Waals surface area contributed by atoms with Gasteiger partial charge in [-0.3, -0.25) is 4.79 Å². The van der Waals surface area contributed by atoms with Gasteiger partial charge >= 0.3 is 5.97 Å². The molecule has 0 radical (unpaired) electrons. The van der Waals surface area contributed by atoms with Gasteiger partial charge < -0.3 is 10.4 Å². The van der Waals surface area contributed by atoms with E-state index in [9.17, 15) is 14.7 Å². The number of amides is 1. The monoisotopic (exact) mass is 289 g/mol. The number of nitrogens with one attached hydrogen (secondary N) is 1. The lowest BCUT2D eigenvalue weighted by molar-refractivity contribution is -0.143. The number of carboxylic acids is 1. The number of hydrogen-bond acceptors (Lipinski definition) is 2. The second-order valence-electron chi connectivity index (χ2n) is 6.44. The summed E-state index contributed by atoms with van der Waals surface area (Å²) in [5, 5.41) is 12.0. The summed E-state index contributed by atoms with van der Waals surface area (Å²) in [5.74, 6) is -0.831. The van der Waals surface area contributed by atoms with E-state index in [0.29, 0.717) is 12.8 Å². The lowest BCUT2D eigenvalue weighted by atomic mass is 9.94. The molecule has 2 rings (SSSR count). The van der Waals surface area contributed by atoms with Crippen LogP contribution in [0.3, 0.4) is 0 Å². The minimum Gasteiger partial charge on any atom is -0.480 e. The maximum Gasteiger partial charge on any atom is 0.326 e. The Labute approximate surface area is 125 Å². The van der Waals surface area contributed by atoms with Crippen molar-refractivity contribution in [1.29, 1.82) is 0 Å². The molecule has 1 aromatic carbocycles. The summed E-state index contributed by atoms with van der Waals surface area (Å²) >= 11 is 0. The Morgan fingerprint density at radius 3 is 2.33 bits per heavy atom. The predicted molar refractivity (Wildman–Crippen MR) is 80.8 cm³/mol. The minimum atomic E-state index is -0.951. The van der Waals surface area contributed by atoms with E-state index in [4.69, 9.17) is 0 Å². The summed E-state index contributed by atoms with van der Waals surface area (Å²) in [4.78, 5) is 23.7. The number of hydrogen-bond donors (Lipinski definition) is 2. The van der Waals surface area contributed by atoms with E-state index in [1.165, 1.54) is 0 Å². The van der Waals surface area contributed by atoms with E-state index < -0.39 is 17.4 Å². The number of rotatable bonds is 7. The number of carbonyl (C=O) groups excluding carboxylic acids is 1. The van der Waals surface area contributed by atoms with Crippen molar-refractivity contribution < 1.29 is 14.7 Å². The zero-order valence-electron chi connectivity index (χ0n) is 12.6. The molecule has 0 spiro atoms. The van der Waals surface area contributed by atoms with Gasteiger partial charge in [0, 0.05) is 0 Å². The van der Waals surface area contributed by atoms with Crippen molar-refractivity contribution in [2.75, 3.05) is 0 Å². The average Bonchev–Trinajstić information content (AvgIpc) is 3.19. The maximum atomic E-state index is 12.5. The normalized spacial score (nSPS) is 17.3. The standard InChI is InChI=1S/C17H23NO3/c1-12(2)10-14(15(19)20)18-16(21)17(8-9-17)11-13-6-4-3-5-7-13/h3-7,12,14H,8-11H2,1-2H3,(H,18,21)(H,19,20)/t14-/m1/s1. The van der Waals surface area contributed by atoms with Gasteiger partial charge in [-0.15, -0.1) is 0 Å². The molecule has 21 heavy (non-hydrogen) atoms. The summed E-state index contributed by atoms with van der Waals surface area (Å²) in [6.07, 6.45) is 2.82. The van der Waals surface area contributed by atoms with Gasteiger partial charge in [0.2, 0.25) is 5.91 Å². The molecule has 114 valence electrons. The number of aliphatic carboxylic acids is 1. The second kappa shape index (κ2) is 6.29. The van der Waals surface area contributed by atoms with Gasteiger partial charge in [0.05, 0.1) is 5.41 Å². The summed E-state index contributed by atoms with van der Waals surface area (Å²) in [7, 11) is 0. The number of carboxylic acid groups (broad SMARTS) is 1. The first-order valence-corrected chi connectivity index (χ1v) is 7.51. The molecule has 1 amide bonds. The first-order valence-electron chi connectivity index (χ1n) is 7.51. The van der Waals surface area contributed by atoms with Gasteiger partial charge in [-0.25, -0.2) is 4.79 Å². The largest absolute Gasteiger partial charge is 0.480 e. The molecule has 1 fully saturated rings. The highest BCUT2D eigenvalue weighted by molar-refractivity contribution is 5.89. The first kappa shape index (κ1) is 15.5. The highest BCUT2D eigenvalue weighted by Crippen LogP contribution is 2.48. The molecule has 1 saturated carbocycles. The molecule has 0 aliphatic heterocycles. The van der Waals surface area contributed by atoms with Crippen LogP contribution in [0.15, 0.2) is 30.3 Å². The fourth-order valence-electron chi connectivity index (χ4n) is 2.63. The van der Waals surface area contributed by atoms with Crippen LogP contribution in [0.1, 0.15) is 38.7 Å². The molecule has 0 saturated heterocycles. The quantitative estimate of drug-likeness (QED) is 0.811. The minimum absolute atomic E-state index is 0.112. The van der Waals surface area contributed by atoms with E-state index in [1.54, 1.807) is 0 Å². The molecule has 1 aliphatic rings. The zero-order valence-corrected chi connectivity index (χ0v) is 12.6. The van der Waals surface area contributed by atoms with Crippen LogP contribution in [-0.4, -0.2) is 23.0 Å². The maximum absolute atomic E-state index is 12.5. The van der Waals surface area contributed by atoms with Crippen LogP contribution in [0.25, 0.3) is 0 Å². The van der Waals surface area contributed by atoms with Crippen molar-refractivity contribution in [2.45, 2.75) is 45.6 Å². The Balaban J connectivity index is 2.00. The van der Waals surface area contributed by atoms with E-state index in [-0.39, 0.29) is 11.8 Å². The van der Waals surface area contributed by atoms with Crippen LogP contribution in [0.4, 0.5) is 0 Å². The molecule has 4 nitrogen and oxygen atoms in total. The Morgan fingerprint density at radius 2 is 1.86 bits per heavy atom. The van der Waals surface area contributed by atoms with Gasteiger partial charge in [-0.05, 0) is 37.2 Å². The van der Waals surface area contributed by atoms with E-state index in [1.807, 2.05) is 44.2 Å². The summed E-state index contributed by atoms with van der Waals surface area (Å²) in [5.41, 5.74) is 0.729. The first-order chi connectivity index (χ1) is 9.93. The summed E-state index contributed by atoms with van der Waals surface area (Å²) in [6.45, 7) is 3.91. The molecule has 1 aromatic rings. The average molecular weight is 289 g/mol. The van der Waals surface area contributed by atoms with E-state index >= 15 is 0 Å². The third-order valence-electron chi connectivity index (χ3n) is 4.03. The third kappa shape index (κ3) is 4.06. The SMILES string of the molecule is CC(C)C[C@@H](NC(=O)C1(Cc2ccccc2)CC1)C(=O)O. The van der Waals surface area contributed by atoms with Gasteiger partial charge in [0.25, 0.3) is 0 Å². The smallest absolute Gasteiger partial charge is 0.326 e. The predicted octanol–water partition coefficient (Wildman–Crippen LogP) is 2.62. The van der Waals surface area contributed by atoms with E-state index in [2.05, 4.69) is 5.32 Å². The van der Waals surface area contributed by atoms with Crippen LogP contribution in [0.5, 0.6) is 0 Å². The Bertz CT molecular complexity index is 506. The highest BCUT2D eigenvalue weighted by Gasteiger charge is 2.50. The molecule has 0 bridgehead atoms. The van der Waals surface area contributed by atoms with Gasteiger partial charge in [0.15, 0.2) is 0 Å². The Morgan fingerprint density at radius 1 is 1.24 bits per heavy atom. The molecular weight excluding hydrogens is 266 g/mol. The molecule has 1 aliphatic carbocycles. The van der Waals surface area contributed by atoms with Crippen LogP contribution in [0.2, 0.25) is 0 Å². The van der Waals surface area contributed by atoms with Crippen molar-refractivity contribution in [2.24, 2.45) is 11.3 Å². The highest BCUT2D eigenvalue weighted by atomic mass is 16.4. The molecule has 0 unspecified atom stereocenters. The van der Waals surface area contributed by atoms with Gasteiger partial charge in [0.1, 0.15) is 6.04 Å². The fourth-order valence-corrected chi connectivity index (χ4v) is 2.63. The topological polar surface area (TPSA) is 66.4 Å². The molecule has 0 heterocycles. The second-order valence-corrected chi connectivity index (χ2v) is 6.44. The lowest BCUT2D eigenvalue weighted by Crippen LogP contribution is -2.45. The fraction of sp³-hybridized carbons (Fsp3) is 0.529. The van der Waals surface area contributed by atoms with Crippen molar-refractivity contribution in [3.8, 4) is 0 Å². The van der Waals surface area contributed by atoms with Crippen molar-refractivity contribution in [1.82, 2.24) is 5.32 Å². The number of benzene rings is 1. The molecule has 0 aromatic heterocycles. The summed E-state index contributed by atoms with van der Waals surface area (Å²) < 4.78 is 0. The lowest BCUT2D eigenvalue weighted by Gasteiger charge is -2.21. The third-order valence-corrected chi connectivity index (χ3v) is 4.03. The van der Waals surface area contributed by atoms with Crippen molar-refractivity contribution >= 4 is 11.9 Å². The molecule has 1 atom stereocenters. The Hall–Kier alpha value is -1.84. The van der Waals surface area contributed by atoms with Crippen molar-refractivity contribution in [3.05, 3.63) is 35.9 Å². The number of carbonyl (C=O) groups is 2. The Kier molecular flexibility index (Phi) is 4.66. The molecular formula is C17H23NO3. The van der Waals surface area contributed by atoms with Crippen LogP contribution in [-0.2, 0) is 16.0 Å². The van der Waals surface area contributed by atoms with Crippen LogP contribution in [0, 0.1) is 11.3 Å². The van der Waals surface area contributed by atoms with Gasteiger partial charge in [-0.2, -0.15) is 0 Å².